The van der Waals surface area contributed by atoms with Crippen molar-refractivity contribution in [2.24, 2.45) is 9.98 Å². The summed E-state index contributed by atoms with van der Waals surface area (Å²) >= 11 is 0. The second kappa shape index (κ2) is 4.47. The van der Waals surface area contributed by atoms with Crippen molar-refractivity contribution in [1.29, 1.82) is 0 Å². The van der Waals surface area contributed by atoms with Gasteiger partial charge in [0.05, 0.1) is 5.71 Å². The molecule has 19 heavy (non-hydrogen) atoms. The molecule has 0 aromatic heterocycles. The monoisotopic (exact) mass is 248 g/mol. The molecule has 0 radical (unpaired) electrons. The molecule has 0 atom stereocenters. The van der Waals surface area contributed by atoms with Gasteiger partial charge in [-0.3, -0.25) is 4.99 Å². The Morgan fingerprint density at radius 2 is 1.26 bits per heavy atom. The molecule has 2 aromatic carbocycles. The lowest BCUT2D eigenvalue weighted by molar-refractivity contribution is 0.717. The summed E-state index contributed by atoms with van der Waals surface area (Å²) in [6.07, 6.45) is 0. The molecule has 1 aliphatic heterocycles. The number of hydrogen-bond donors (Lipinski definition) is 0. The van der Waals surface area contributed by atoms with E-state index in [9.17, 15) is 0 Å². The van der Waals surface area contributed by atoms with Crippen LogP contribution in [0.2, 0.25) is 0 Å². The van der Waals surface area contributed by atoms with Crippen molar-refractivity contribution in [3.8, 4) is 0 Å². The molecule has 0 saturated heterocycles. The molecule has 0 bridgehead atoms. The van der Waals surface area contributed by atoms with Gasteiger partial charge in [0.1, 0.15) is 5.54 Å². The van der Waals surface area contributed by atoms with Crippen LogP contribution in [0.5, 0.6) is 0 Å². The minimum Gasteiger partial charge on any atom is -0.254 e. The van der Waals surface area contributed by atoms with Crippen LogP contribution in [-0.2, 0) is 0 Å². The Bertz CT molecular complexity index is 637. The van der Waals surface area contributed by atoms with Gasteiger partial charge in [-0.2, -0.15) is 0 Å². The zero-order chi connectivity index (χ0) is 13.3. The molecule has 1 heterocycles. The summed E-state index contributed by atoms with van der Waals surface area (Å²) in [5.74, 6) is 0.824. The summed E-state index contributed by atoms with van der Waals surface area (Å²) in [6, 6.07) is 20.4. The minimum absolute atomic E-state index is 0.271. The van der Waals surface area contributed by atoms with Crippen LogP contribution >= 0.6 is 0 Å². The Morgan fingerprint density at radius 1 is 0.737 bits per heavy atom. The third kappa shape index (κ3) is 2.22. The number of amidine groups is 1. The molecular formula is C17H16N2. The lowest BCUT2D eigenvalue weighted by Gasteiger charge is -2.17. The summed E-state index contributed by atoms with van der Waals surface area (Å²) in [5, 5.41) is 0. The molecule has 0 fully saturated rings. The average molecular weight is 248 g/mol. The minimum atomic E-state index is -0.271. The van der Waals surface area contributed by atoms with Crippen LogP contribution in [0.3, 0.4) is 0 Å². The van der Waals surface area contributed by atoms with E-state index in [1.54, 1.807) is 0 Å². The summed E-state index contributed by atoms with van der Waals surface area (Å²) < 4.78 is 0. The molecule has 0 saturated carbocycles. The van der Waals surface area contributed by atoms with Crippen LogP contribution in [-0.4, -0.2) is 17.1 Å². The fourth-order valence-corrected chi connectivity index (χ4v) is 2.32. The van der Waals surface area contributed by atoms with Gasteiger partial charge in [0.25, 0.3) is 0 Å². The van der Waals surface area contributed by atoms with E-state index < -0.39 is 0 Å². The van der Waals surface area contributed by atoms with Crippen molar-refractivity contribution < 1.29 is 0 Å². The normalized spacial score (nSPS) is 16.9. The summed E-state index contributed by atoms with van der Waals surface area (Å²) in [5.41, 5.74) is 2.97. The van der Waals surface area contributed by atoms with E-state index in [1.807, 2.05) is 48.5 Å². The zero-order valence-corrected chi connectivity index (χ0v) is 11.2. The Kier molecular flexibility index (Phi) is 2.79. The van der Waals surface area contributed by atoms with Crippen LogP contribution in [0.15, 0.2) is 70.6 Å². The van der Waals surface area contributed by atoms with Crippen molar-refractivity contribution >= 4 is 11.5 Å². The molecule has 0 unspecified atom stereocenters. The van der Waals surface area contributed by atoms with E-state index in [1.165, 1.54) is 0 Å². The van der Waals surface area contributed by atoms with Gasteiger partial charge in [-0.05, 0) is 19.4 Å². The van der Waals surface area contributed by atoms with Crippen LogP contribution in [0, 0.1) is 0 Å². The van der Waals surface area contributed by atoms with Crippen molar-refractivity contribution in [3.05, 3.63) is 71.8 Å². The summed E-state index contributed by atoms with van der Waals surface area (Å²) in [4.78, 5) is 9.51. The predicted molar refractivity (Wildman–Crippen MR) is 80.0 cm³/mol. The smallest absolute Gasteiger partial charge is 0.155 e. The molecule has 0 spiro atoms. The predicted octanol–water partition coefficient (Wildman–Crippen LogP) is 3.71. The van der Waals surface area contributed by atoms with Gasteiger partial charge >= 0.3 is 0 Å². The fourth-order valence-electron chi connectivity index (χ4n) is 2.32. The molecule has 0 N–H and O–H groups in total. The first-order valence-electron chi connectivity index (χ1n) is 6.47. The molecule has 94 valence electrons. The lowest BCUT2D eigenvalue weighted by atomic mass is 9.94. The number of benzene rings is 2. The third-order valence-electron chi connectivity index (χ3n) is 3.26. The van der Waals surface area contributed by atoms with Crippen LogP contribution < -0.4 is 0 Å². The highest BCUT2D eigenvalue weighted by atomic mass is 15.1. The van der Waals surface area contributed by atoms with Gasteiger partial charge in [-0.25, -0.2) is 4.99 Å². The molecule has 2 nitrogen and oxygen atoms in total. The SMILES string of the molecule is CC1(C)N=C(c2ccccc2)N=C1c1ccccc1. The van der Waals surface area contributed by atoms with E-state index >= 15 is 0 Å². The third-order valence-corrected chi connectivity index (χ3v) is 3.26. The van der Waals surface area contributed by atoms with Gasteiger partial charge in [0, 0.05) is 5.56 Å². The van der Waals surface area contributed by atoms with Crippen molar-refractivity contribution in [2.45, 2.75) is 19.4 Å². The first kappa shape index (κ1) is 11.8. The van der Waals surface area contributed by atoms with Crippen molar-refractivity contribution in [3.63, 3.8) is 0 Å². The van der Waals surface area contributed by atoms with E-state index in [2.05, 4.69) is 26.0 Å². The summed E-state index contributed by atoms with van der Waals surface area (Å²) in [6.45, 7) is 4.21. The highest BCUT2D eigenvalue weighted by Crippen LogP contribution is 2.25. The second-order valence-corrected chi connectivity index (χ2v) is 5.19. The van der Waals surface area contributed by atoms with Gasteiger partial charge in [-0.1, -0.05) is 60.7 Å². The number of nitrogens with zero attached hydrogens (tertiary/aromatic N) is 2. The number of aliphatic imine (C=N–C) groups is 2. The maximum absolute atomic E-state index is 4.76. The number of rotatable bonds is 2. The first-order chi connectivity index (χ1) is 9.17. The van der Waals surface area contributed by atoms with E-state index in [4.69, 9.17) is 9.98 Å². The maximum atomic E-state index is 4.76. The largest absolute Gasteiger partial charge is 0.254 e. The fraction of sp³-hybridized carbons (Fsp3) is 0.176. The lowest BCUT2D eigenvalue weighted by Crippen LogP contribution is -2.27. The average Bonchev–Trinajstić information content (AvgIpc) is 2.77. The van der Waals surface area contributed by atoms with Gasteiger partial charge in [0.15, 0.2) is 5.84 Å². The van der Waals surface area contributed by atoms with Gasteiger partial charge in [-0.15, -0.1) is 0 Å². The standard InChI is InChI=1S/C17H16N2/c1-17(2)15(13-9-5-3-6-10-13)18-16(19-17)14-11-7-4-8-12-14/h3-12H,1-2H3. The number of hydrogen-bond acceptors (Lipinski definition) is 2. The van der Waals surface area contributed by atoms with Crippen molar-refractivity contribution in [1.82, 2.24) is 0 Å². The summed E-state index contributed by atoms with van der Waals surface area (Å²) in [7, 11) is 0. The Hall–Kier alpha value is -2.22. The van der Waals surface area contributed by atoms with Crippen LogP contribution in [0.25, 0.3) is 0 Å². The highest BCUT2D eigenvalue weighted by molar-refractivity contribution is 6.20. The molecule has 3 rings (SSSR count). The highest BCUT2D eigenvalue weighted by Gasteiger charge is 2.31. The second-order valence-electron chi connectivity index (χ2n) is 5.19. The maximum Gasteiger partial charge on any atom is 0.155 e. The molecular weight excluding hydrogens is 232 g/mol. The van der Waals surface area contributed by atoms with Crippen LogP contribution in [0.1, 0.15) is 25.0 Å². The first-order valence-corrected chi connectivity index (χ1v) is 6.47. The van der Waals surface area contributed by atoms with E-state index in [0.717, 1.165) is 22.7 Å². The van der Waals surface area contributed by atoms with Gasteiger partial charge in [0.2, 0.25) is 0 Å². The molecule has 2 heteroatoms. The zero-order valence-electron chi connectivity index (χ0n) is 11.2. The van der Waals surface area contributed by atoms with Gasteiger partial charge < -0.3 is 0 Å². The molecule has 2 aromatic rings. The molecule has 0 amide bonds. The Balaban J connectivity index is 2.05. The van der Waals surface area contributed by atoms with Crippen LogP contribution in [0.4, 0.5) is 0 Å². The topological polar surface area (TPSA) is 24.7 Å². The van der Waals surface area contributed by atoms with E-state index in [0.29, 0.717) is 0 Å². The van der Waals surface area contributed by atoms with Crippen molar-refractivity contribution in [2.75, 3.05) is 0 Å². The molecule has 0 aliphatic carbocycles. The Morgan fingerprint density at radius 3 is 1.84 bits per heavy atom. The molecule has 1 aliphatic rings. The Labute approximate surface area is 113 Å². The van der Waals surface area contributed by atoms with E-state index in [-0.39, 0.29) is 5.54 Å². The quantitative estimate of drug-likeness (QED) is 0.774.